The van der Waals surface area contributed by atoms with Crippen molar-refractivity contribution in [1.29, 1.82) is 0 Å². The Balaban J connectivity index is 2.42. The van der Waals surface area contributed by atoms with E-state index in [1.54, 1.807) is 6.08 Å². The summed E-state index contributed by atoms with van der Waals surface area (Å²) in [4.78, 5) is 12.6. The summed E-state index contributed by atoms with van der Waals surface area (Å²) >= 11 is 0. The van der Waals surface area contributed by atoms with Crippen LogP contribution in [0.2, 0.25) is 0 Å². The molecule has 1 spiro atoms. The van der Waals surface area contributed by atoms with E-state index >= 15 is 0 Å². The van der Waals surface area contributed by atoms with Crippen LogP contribution in [0.15, 0.2) is 47.4 Å². The van der Waals surface area contributed by atoms with Gasteiger partial charge in [-0.2, -0.15) is 0 Å². The molecule has 0 atom stereocenters. The highest BCUT2D eigenvalue weighted by atomic mass is 19.1. The molecule has 0 unspecified atom stereocenters. The molecule has 0 aromatic rings. The van der Waals surface area contributed by atoms with Crippen LogP contribution in [0.25, 0.3) is 0 Å². The van der Waals surface area contributed by atoms with E-state index in [0.717, 1.165) is 55.0 Å². The second kappa shape index (κ2) is 7.73. The first kappa shape index (κ1) is 17.7. The standard InChI is InChI=1S/C19H27FN2O/c1-4-15(20)10-9-14(3)17-16(13-21-5-2)19(22-18(17)23)11-7-6-8-12-19/h4,9-10,21H,1,5-8,11-13H2,2-3H3,(H,22,23)/b14-9+,15-10+. The van der Waals surface area contributed by atoms with E-state index in [1.165, 1.54) is 12.5 Å². The molecule has 3 nitrogen and oxygen atoms in total. The minimum Gasteiger partial charge on any atom is -0.343 e. The molecule has 1 aliphatic heterocycles. The topological polar surface area (TPSA) is 41.1 Å². The van der Waals surface area contributed by atoms with Crippen LogP contribution in [-0.2, 0) is 4.79 Å². The van der Waals surface area contributed by atoms with Gasteiger partial charge in [0.15, 0.2) is 0 Å². The number of halogens is 1. The third-order valence-corrected chi connectivity index (χ3v) is 4.80. The molecule has 0 aromatic heterocycles. The fraction of sp³-hybridized carbons (Fsp3) is 0.526. The zero-order valence-corrected chi connectivity index (χ0v) is 14.2. The maximum atomic E-state index is 13.3. The molecule has 1 heterocycles. The van der Waals surface area contributed by atoms with Gasteiger partial charge < -0.3 is 10.6 Å². The van der Waals surface area contributed by atoms with Gasteiger partial charge in [-0.15, -0.1) is 0 Å². The minimum atomic E-state index is -0.399. The molecule has 4 heteroatoms. The first-order valence-electron chi connectivity index (χ1n) is 8.48. The van der Waals surface area contributed by atoms with Gasteiger partial charge in [-0.1, -0.05) is 38.8 Å². The van der Waals surface area contributed by atoms with Crippen LogP contribution in [0.1, 0.15) is 46.0 Å². The summed E-state index contributed by atoms with van der Waals surface area (Å²) < 4.78 is 13.3. The van der Waals surface area contributed by atoms with Crippen molar-refractivity contribution in [2.45, 2.75) is 51.5 Å². The molecule has 0 aromatic carbocycles. The number of hydrogen-bond acceptors (Lipinski definition) is 2. The fourth-order valence-electron chi connectivity index (χ4n) is 3.59. The van der Waals surface area contributed by atoms with E-state index in [1.807, 2.05) is 6.92 Å². The largest absolute Gasteiger partial charge is 0.343 e. The van der Waals surface area contributed by atoms with Crippen molar-refractivity contribution >= 4 is 5.91 Å². The number of hydrogen-bond donors (Lipinski definition) is 2. The lowest BCUT2D eigenvalue weighted by Gasteiger charge is -2.36. The van der Waals surface area contributed by atoms with Gasteiger partial charge in [-0.05, 0) is 49.6 Å². The quantitative estimate of drug-likeness (QED) is 0.733. The number of rotatable bonds is 6. The van der Waals surface area contributed by atoms with Crippen LogP contribution < -0.4 is 10.6 Å². The lowest BCUT2D eigenvalue weighted by molar-refractivity contribution is -0.117. The maximum absolute atomic E-state index is 13.3. The summed E-state index contributed by atoms with van der Waals surface area (Å²) in [6.45, 7) is 8.88. The molecular formula is C19H27FN2O. The Hall–Kier alpha value is -1.68. The molecule has 2 aliphatic rings. The molecule has 2 rings (SSSR count). The monoisotopic (exact) mass is 318 g/mol. The van der Waals surface area contributed by atoms with Crippen molar-refractivity contribution in [3.63, 3.8) is 0 Å². The molecule has 0 bridgehead atoms. The van der Waals surface area contributed by atoms with Gasteiger partial charge in [0.1, 0.15) is 5.83 Å². The van der Waals surface area contributed by atoms with Gasteiger partial charge in [0.05, 0.1) is 5.54 Å². The molecule has 23 heavy (non-hydrogen) atoms. The maximum Gasteiger partial charge on any atom is 0.252 e. The first-order valence-corrected chi connectivity index (χ1v) is 8.48. The number of carbonyl (C=O) groups is 1. The Morgan fingerprint density at radius 3 is 2.65 bits per heavy atom. The average Bonchev–Trinajstić information content (AvgIpc) is 2.82. The van der Waals surface area contributed by atoms with E-state index in [2.05, 4.69) is 24.1 Å². The Morgan fingerprint density at radius 2 is 2.04 bits per heavy atom. The molecule has 126 valence electrons. The third-order valence-electron chi connectivity index (χ3n) is 4.80. The van der Waals surface area contributed by atoms with Crippen molar-refractivity contribution in [2.75, 3.05) is 13.1 Å². The molecule has 1 aliphatic carbocycles. The molecule has 2 N–H and O–H groups in total. The van der Waals surface area contributed by atoms with Crippen LogP contribution in [0.5, 0.6) is 0 Å². The Morgan fingerprint density at radius 1 is 1.35 bits per heavy atom. The SMILES string of the molecule is C=C/C(F)=C\C=C(/C)C1=C(CNCC)C2(CCCCC2)NC1=O. The summed E-state index contributed by atoms with van der Waals surface area (Å²) in [7, 11) is 0. The normalized spacial score (nSPS) is 21.8. The number of likely N-dealkylation sites (N-methyl/N-ethyl adjacent to an activating group) is 1. The number of nitrogens with one attached hydrogen (secondary N) is 2. The van der Waals surface area contributed by atoms with Crippen LogP contribution in [-0.4, -0.2) is 24.5 Å². The second-order valence-electron chi connectivity index (χ2n) is 6.34. The highest BCUT2D eigenvalue weighted by Crippen LogP contribution is 2.41. The fourth-order valence-corrected chi connectivity index (χ4v) is 3.59. The Bertz CT molecular complexity index is 566. The summed E-state index contributed by atoms with van der Waals surface area (Å²) in [6.07, 6.45) is 9.67. The van der Waals surface area contributed by atoms with Crippen molar-refractivity contribution in [3.05, 3.63) is 47.4 Å². The predicted molar refractivity (Wildman–Crippen MR) is 92.7 cm³/mol. The summed E-state index contributed by atoms with van der Waals surface area (Å²) in [5, 5.41) is 6.59. The van der Waals surface area contributed by atoms with Crippen LogP contribution in [0, 0.1) is 0 Å². The summed E-state index contributed by atoms with van der Waals surface area (Å²) in [5.41, 5.74) is 2.46. The van der Waals surface area contributed by atoms with Crippen molar-refractivity contribution < 1.29 is 9.18 Å². The van der Waals surface area contributed by atoms with E-state index in [9.17, 15) is 9.18 Å². The zero-order chi connectivity index (χ0) is 16.9. The average molecular weight is 318 g/mol. The van der Waals surface area contributed by atoms with Gasteiger partial charge in [0.2, 0.25) is 0 Å². The van der Waals surface area contributed by atoms with Crippen LogP contribution in [0.4, 0.5) is 4.39 Å². The molecule has 0 radical (unpaired) electrons. The van der Waals surface area contributed by atoms with Crippen molar-refractivity contribution in [2.24, 2.45) is 0 Å². The molecule has 1 amide bonds. The van der Waals surface area contributed by atoms with Gasteiger partial charge in [0.25, 0.3) is 5.91 Å². The highest BCUT2D eigenvalue weighted by Gasteiger charge is 2.45. The summed E-state index contributed by atoms with van der Waals surface area (Å²) in [6, 6.07) is 0. The second-order valence-corrected chi connectivity index (χ2v) is 6.34. The molecule has 1 fully saturated rings. The lowest BCUT2D eigenvalue weighted by atomic mass is 9.76. The number of carbonyl (C=O) groups excluding carboxylic acids is 1. The smallest absolute Gasteiger partial charge is 0.252 e. The lowest BCUT2D eigenvalue weighted by Crippen LogP contribution is -2.47. The van der Waals surface area contributed by atoms with Crippen molar-refractivity contribution in [1.82, 2.24) is 10.6 Å². The predicted octanol–water partition coefficient (Wildman–Crippen LogP) is 3.71. The van der Waals surface area contributed by atoms with Crippen molar-refractivity contribution in [3.8, 4) is 0 Å². The molecular weight excluding hydrogens is 291 g/mol. The van der Waals surface area contributed by atoms with Gasteiger partial charge in [-0.3, -0.25) is 4.79 Å². The van der Waals surface area contributed by atoms with Gasteiger partial charge in [-0.25, -0.2) is 4.39 Å². The summed E-state index contributed by atoms with van der Waals surface area (Å²) in [5.74, 6) is -0.426. The Kier molecular flexibility index (Phi) is 5.94. The van der Waals surface area contributed by atoms with E-state index in [4.69, 9.17) is 0 Å². The molecule has 0 saturated heterocycles. The van der Waals surface area contributed by atoms with E-state index in [-0.39, 0.29) is 11.4 Å². The molecule has 1 saturated carbocycles. The van der Waals surface area contributed by atoms with Crippen LogP contribution in [0.3, 0.4) is 0 Å². The Labute approximate surface area is 138 Å². The van der Waals surface area contributed by atoms with Gasteiger partial charge in [0, 0.05) is 12.1 Å². The van der Waals surface area contributed by atoms with Gasteiger partial charge >= 0.3 is 0 Å². The van der Waals surface area contributed by atoms with E-state index < -0.39 is 5.83 Å². The first-order chi connectivity index (χ1) is 11.0. The highest BCUT2D eigenvalue weighted by molar-refractivity contribution is 6.02. The van der Waals surface area contributed by atoms with E-state index in [0.29, 0.717) is 6.54 Å². The third kappa shape index (κ3) is 3.81. The van der Waals surface area contributed by atoms with Crippen LogP contribution >= 0.6 is 0 Å². The zero-order valence-electron chi connectivity index (χ0n) is 14.2. The minimum absolute atomic E-state index is 0.0269. The number of allylic oxidation sites excluding steroid dienone is 4. The number of amides is 1.